The third-order valence-corrected chi connectivity index (χ3v) is 4.65. The maximum Gasteiger partial charge on any atom is 0.366 e. The molecule has 2 aliphatic rings. The number of hydrogen-bond acceptors (Lipinski definition) is 5. The Balaban J connectivity index is 2.08. The molecule has 94 valence electrons. The molecule has 1 N–H and O–H groups in total. The number of piperidine rings is 1. The van der Waals surface area contributed by atoms with Crippen LogP contribution in [0.3, 0.4) is 0 Å². The van der Waals surface area contributed by atoms with Gasteiger partial charge in [-0.05, 0) is 25.9 Å². The summed E-state index contributed by atoms with van der Waals surface area (Å²) in [6, 6.07) is 0. The van der Waals surface area contributed by atoms with Gasteiger partial charge in [0.15, 0.2) is 0 Å². The maximum absolute atomic E-state index is 11.8. The lowest BCUT2D eigenvalue weighted by Gasteiger charge is -2.26. The lowest BCUT2D eigenvalue weighted by molar-refractivity contribution is -0.129. The number of carboxylic acid groups (broad SMARTS) is 1. The van der Waals surface area contributed by atoms with Crippen molar-refractivity contribution in [3.63, 3.8) is 0 Å². The molecule has 0 radical (unpaired) electrons. The Kier molecular flexibility index (Phi) is 3.30. The molecule has 0 saturated carbocycles. The Morgan fingerprint density at radius 1 is 1.35 bits per heavy atom. The van der Waals surface area contributed by atoms with Crippen molar-refractivity contribution in [2.45, 2.75) is 19.3 Å². The van der Waals surface area contributed by atoms with Gasteiger partial charge in [0.25, 0.3) is 0 Å². The van der Waals surface area contributed by atoms with Crippen LogP contribution in [0.15, 0.2) is 16.1 Å². The fraction of sp³-hybridized carbons (Fsp3) is 0.600. The van der Waals surface area contributed by atoms with Crippen LogP contribution in [0.25, 0.3) is 0 Å². The normalized spacial score (nSPS) is 24.2. The van der Waals surface area contributed by atoms with Crippen molar-refractivity contribution in [1.29, 1.82) is 0 Å². The highest BCUT2D eigenvalue weighted by atomic mass is 32.2. The molecule has 0 spiro atoms. The van der Waals surface area contributed by atoms with Crippen molar-refractivity contribution in [2.75, 3.05) is 19.6 Å². The van der Waals surface area contributed by atoms with E-state index in [1.54, 1.807) is 0 Å². The predicted octanol–water partition coefficient (Wildman–Crippen LogP) is 0.225. The Morgan fingerprint density at radius 3 is 2.53 bits per heavy atom. The van der Waals surface area contributed by atoms with Gasteiger partial charge in [-0.1, -0.05) is 6.42 Å². The molecule has 1 fully saturated rings. The summed E-state index contributed by atoms with van der Waals surface area (Å²) >= 11 is 0. The highest BCUT2D eigenvalue weighted by molar-refractivity contribution is 8.11. The molecule has 0 aromatic carbocycles. The van der Waals surface area contributed by atoms with Crippen molar-refractivity contribution in [3.8, 4) is 0 Å². The SMILES string of the molecule is O=C(O)C1=NC=C(CN2CCCCC2)S1(=O)=O. The second-order valence-corrected chi connectivity index (χ2v) is 6.09. The minimum Gasteiger partial charge on any atom is -0.476 e. The molecular weight excluding hydrogens is 244 g/mol. The fourth-order valence-corrected chi connectivity index (χ4v) is 3.24. The van der Waals surface area contributed by atoms with Crippen LogP contribution in [0, 0.1) is 0 Å². The Hall–Kier alpha value is -1.21. The van der Waals surface area contributed by atoms with Crippen molar-refractivity contribution in [3.05, 3.63) is 11.1 Å². The van der Waals surface area contributed by atoms with Gasteiger partial charge < -0.3 is 5.11 Å². The van der Waals surface area contributed by atoms with Crippen LogP contribution < -0.4 is 0 Å². The number of likely N-dealkylation sites (tertiary alicyclic amines) is 1. The first-order chi connectivity index (χ1) is 8.01. The molecule has 0 aromatic heterocycles. The van der Waals surface area contributed by atoms with E-state index >= 15 is 0 Å². The molecule has 2 aliphatic heterocycles. The summed E-state index contributed by atoms with van der Waals surface area (Å²) in [6.45, 7) is 1.98. The van der Waals surface area contributed by atoms with Gasteiger partial charge in [0, 0.05) is 12.7 Å². The summed E-state index contributed by atoms with van der Waals surface area (Å²) in [5, 5.41) is 7.96. The average molecular weight is 258 g/mol. The quantitative estimate of drug-likeness (QED) is 0.782. The number of rotatable bonds is 3. The first-order valence-electron chi connectivity index (χ1n) is 5.49. The van der Waals surface area contributed by atoms with E-state index in [0.717, 1.165) is 32.1 Å². The Bertz CT molecular complexity index is 486. The minimum absolute atomic E-state index is 0.0943. The van der Waals surface area contributed by atoms with E-state index in [9.17, 15) is 13.2 Å². The predicted molar refractivity (Wildman–Crippen MR) is 62.4 cm³/mol. The van der Waals surface area contributed by atoms with Gasteiger partial charge in [-0.2, -0.15) is 0 Å². The van der Waals surface area contributed by atoms with E-state index in [-0.39, 0.29) is 11.4 Å². The molecule has 0 aliphatic carbocycles. The van der Waals surface area contributed by atoms with Crippen LogP contribution in [0.4, 0.5) is 0 Å². The van der Waals surface area contributed by atoms with Crippen LogP contribution in [-0.2, 0) is 14.6 Å². The molecule has 17 heavy (non-hydrogen) atoms. The number of hydrogen-bond donors (Lipinski definition) is 1. The summed E-state index contributed by atoms with van der Waals surface area (Å²) in [5.41, 5.74) is 0. The van der Waals surface area contributed by atoms with Crippen molar-refractivity contribution >= 4 is 20.9 Å². The number of carbonyl (C=O) groups is 1. The van der Waals surface area contributed by atoms with Gasteiger partial charge in [-0.3, -0.25) is 4.90 Å². The van der Waals surface area contributed by atoms with Crippen LogP contribution >= 0.6 is 0 Å². The highest BCUT2D eigenvalue weighted by Crippen LogP contribution is 2.20. The van der Waals surface area contributed by atoms with Gasteiger partial charge in [-0.25, -0.2) is 18.2 Å². The molecule has 0 unspecified atom stereocenters. The van der Waals surface area contributed by atoms with Gasteiger partial charge in [0.05, 0.1) is 4.91 Å². The number of aliphatic imine (C=N–C) groups is 1. The number of carboxylic acids is 1. The zero-order valence-corrected chi connectivity index (χ0v) is 10.1. The van der Waals surface area contributed by atoms with Crippen LogP contribution in [0.2, 0.25) is 0 Å². The first-order valence-corrected chi connectivity index (χ1v) is 6.98. The number of nitrogens with zero attached hydrogens (tertiary/aromatic N) is 2. The summed E-state index contributed by atoms with van der Waals surface area (Å²) in [5.74, 6) is -1.49. The standard InChI is InChI=1S/C10H14N2O4S/c13-10(14)9-11-6-8(17(9,15)16)7-12-4-2-1-3-5-12/h6H,1-5,7H2,(H,13,14). The Morgan fingerprint density at radius 2 is 2.00 bits per heavy atom. The second-order valence-electron chi connectivity index (χ2n) is 4.18. The van der Waals surface area contributed by atoms with Gasteiger partial charge in [0.2, 0.25) is 14.9 Å². The first kappa shape index (κ1) is 12.3. The van der Waals surface area contributed by atoms with Crippen molar-refractivity contribution < 1.29 is 18.3 Å². The second kappa shape index (κ2) is 4.58. The minimum atomic E-state index is -3.86. The lowest BCUT2D eigenvalue weighted by Crippen LogP contribution is -2.34. The summed E-state index contributed by atoms with van der Waals surface area (Å²) in [6.07, 6.45) is 4.44. The molecule has 2 rings (SSSR count). The van der Waals surface area contributed by atoms with Crippen LogP contribution in [0.1, 0.15) is 19.3 Å². The average Bonchev–Trinajstić information content (AvgIpc) is 2.56. The molecule has 0 atom stereocenters. The summed E-state index contributed by atoms with van der Waals surface area (Å²) in [7, 11) is -3.86. The van der Waals surface area contributed by atoms with Crippen molar-refractivity contribution in [2.24, 2.45) is 4.99 Å². The molecule has 2 heterocycles. The summed E-state index contributed by atoms with van der Waals surface area (Å²) in [4.78, 5) is 16.3. The van der Waals surface area contributed by atoms with E-state index in [2.05, 4.69) is 4.99 Å². The monoisotopic (exact) mass is 258 g/mol. The van der Waals surface area contributed by atoms with Gasteiger partial charge in [-0.15, -0.1) is 0 Å². The highest BCUT2D eigenvalue weighted by Gasteiger charge is 2.35. The lowest BCUT2D eigenvalue weighted by atomic mass is 10.1. The zero-order valence-electron chi connectivity index (χ0n) is 9.29. The number of sulfone groups is 1. The topological polar surface area (TPSA) is 87.0 Å². The largest absolute Gasteiger partial charge is 0.476 e. The molecule has 1 saturated heterocycles. The van der Waals surface area contributed by atoms with Crippen molar-refractivity contribution in [1.82, 2.24) is 4.90 Å². The molecular formula is C10H14N2O4S. The van der Waals surface area contributed by atoms with E-state index in [1.807, 2.05) is 4.90 Å². The molecule has 7 heteroatoms. The van der Waals surface area contributed by atoms with Crippen LogP contribution in [-0.4, -0.2) is 49.1 Å². The number of aliphatic carboxylic acids is 1. The van der Waals surface area contributed by atoms with E-state index in [1.165, 1.54) is 6.42 Å². The third-order valence-electron chi connectivity index (χ3n) is 2.94. The smallest absolute Gasteiger partial charge is 0.366 e. The fourth-order valence-electron chi connectivity index (χ4n) is 2.03. The summed E-state index contributed by atoms with van der Waals surface area (Å²) < 4.78 is 23.6. The van der Waals surface area contributed by atoms with E-state index < -0.39 is 20.9 Å². The van der Waals surface area contributed by atoms with E-state index in [0.29, 0.717) is 0 Å². The molecule has 0 bridgehead atoms. The van der Waals surface area contributed by atoms with E-state index in [4.69, 9.17) is 5.11 Å². The van der Waals surface area contributed by atoms with Gasteiger partial charge in [0.1, 0.15) is 0 Å². The van der Waals surface area contributed by atoms with Crippen LogP contribution in [0.5, 0.6) is 0 Å². The Labute approximate surface area is 99.6 Å². The zero-order chi connectivity index (χ0) is 12.5. The maximum atomic E-state index is 11.8. The molecule has 0 aromatic rings. The molecule has 6 nitrogen and oxygen atoms in total. The molecule has 0 amide bonds. The van der Waals surface area contributed by atoms with Gasteiger partial charge >= 0.3 is 5.97 Å². The third kappa shape index (κ3) is 2.39.